The molecule has 0 aromatic heterocycles. The van der Waals surface area contributed by atoms with Crippen molar-refractivity contribution in [2.45, 2.75) is 39.4 Å². The van der Waals surface area contributed by atoms with Gasteiger partial charge in [-0.2, -0.15) is 0 Å². The molecule has 4 atom stereocenters. The van der Waals surface area contributed by atoms with Gasteiger partial charge in [-0.05, 0) is 38.3 Å². The lowest BCUT2D eigenvalue weighted by Gasteiger charge is -2.38. The van der Waals surface area contributed by atoms with Gasteiger partial charge in [0.2, 0.25) is 0 Å². The average Bonchev–Trinajstić information content (AvgIpc) is 2.60. The molecule has 148 valence electrons. The van der Waals surface area contributed by atoms with Gasteiger partial charge < -0.3 is 25.0 Å². The van der Waals surface area contributed by atoms with E-state index < -0.39 is 11.9 Å². The molecule has 7 nitrogen and oxygen atoms in total. The van der Waals surface area contributed by atoms with E-state index in [4.69, 9.17) is 4.74 Å². The largest absolute Gasteiger partial charge is 0.481 e. The maximum atomic E-state index is 12.8. The van der Waals surface area contributed by atoms with E-state index in [-0.39, 0.29) is 30.7 Å². The normalized spacial score (nSPS) is 28.7. The number of carbonyl (C=O) groups excluding carboxylic acids is 1. The molecule has 2 heterocycles. The topological polar surface area (TPSA) is 82.1 Å². The predicted octanol–water partition coefficient (Wildman–Crippen LogP) is 2.87. The molecule has 0 aliphatic carbocycles. The highest BCUT2D eigenvalue weighted by molar-refractivity contribution is 5.93. The molecule has 2 fully saturated rings. The monoisotopic (exact) mass is 375 g/mol. The highest BCUT2D eigenvalue weighted by atomic mass is 16.5. The molecule has 4 unspecified atom stereocenters. The Bertz CT molecular complexity index is 686. The second-order valence-electron chi connectivity index (χ2n) is 7.89. The highest BCUT2D eigenvalue weighted by Crippen LogP contribution is 2.29. The Labute approximate surface area is 160 Å². The SMILES string of the molecule is CC1CC(C(=O)O)CN(C(=O)Nc2ccccc2N2CC(C)OC(C)C2)C1. The number of urea groups is 1. The molecule has 0 radical (unpaired) electrons. The number of likely N-dealkylation sites (tertiary alicyclic amines) is 1. The lowest BCUT2D eigenvalue weighted by Crippen LogP contribution is -2.48. The van der Waals surface area contributed by atoms with Crippen molar-refractivity contribution in [1.29, 1.82) is 0 Å². The van der Waals surface area contributed by atoms with Crippen molar-refractivity contribution in [3.05, 3.63) is 24.3 Å². The van der Waals surface area contributed by atoms with Gasteiger partial charge in [0.15, 0.2) is 0 Å². The van der Waals surface area contributed by atoms with Crippen LogP contribution in [0.15, 0.2) is 24.3 Å². The molecule has 0 bridgehead atoms. The van der Waals surface area contributed by atoms with Crippen LogP contribution in [-0.2, 0) is 9.53 Å². The minimum Gasteiger partial charge on any atom is -0.481 e. The fraction of sp³-hybridized carbons (Fsp3) is 0.600. The van der Waals surface area contributed by atoms with Crippen LogP contribution in [0.25, 0.3) is 0 Å². The molecule has 2 N–H and O–H groups in total. The molecular weight excluding hydrogens is 346 g/mol. The number of piperidine rings is 1. The number of carboxylic acids is 1. The molecule has 2 saturated heterocycles. The van der Waals surface area contributed by atoms with Gasteiger partial charge in [-0.3, -0.25) is 4.79 Å². The summed E-state index contributed by atoms with van der Waals surface area (Å²) < 4.78 is 5.81. The van der Waals surface area contributed by atoms with Crippen molar-refractivity contribution >= 4 is 23.4 Å². The summed E-state index contributed by atoms with van der Waals surface area (Å²) in [5, 5.41) is 12.3. The fourth-order valence-electron chi connectivity index (χ4n) is 4.12. The second kappa shape index (κ2) is 8.17. The number of amides is 2. The first kappa shape index (κ1) is 19.5. The Morgan fingerprint density at radius 3 is 2.41 bits per heavy atom. The zero-order valence-corrected chi connectivity index (χ0v) is 16.2. The number of nitrogens with zero attached hydrogens (tertiary/aromatic N) is 2. The predicted molar refractivity (Wildman–Crippen MR) is 104 cm³/mol. The van der Waals surface area contributed by atoms with Gasteiger partial charge in [-0.1, -0.05) is 19.1 Å². The van der Waals surface area contributed by atoms with E-state index >= 15 is 0 Å². The number of anilines is 2. The third-order valence-electron chi connectivity index (χ3n) is 5.20. The van der Waals surface area contributed by atoms with Crippen LogP contribution >= 0.6 is 0 Å². The average molecular weight is 375 g/mol. The van der Waals surface area contributed by atoms with Crippen LogP contribution in [0.3, 0.4) is 0 Å². The van der Waals surface area contributed by atoms with Gasteiger partial charge in [0.05, 0.1) is 29.5 Å². The molecule has 2 aliphatic heterocycles. The molecular formula is C20H29N3O4. The van der Waals surface area contributed by atoms with Crippen LogP contribution in [0.4, 0.5) is 16.2 Å². The third kappa shape index (κ3) is 4.71. The van der Waals surface area contributed by atoms with Crippen molar-refractivity contribution < 1.29 is 19.4 Å². The van der Waals surface area contributed by atoms with Crippen molar-refractivity contribution in [2.75, 3.05) is 36.4 Å². The Morgan fingerprint density at radius 2 is 1.74 bits per heavy atom. The molecule has 1 aromatic rings. The third-order valence-corrected chi connectivity index (χ3v) is 5.20. The Morgan fingerprint density at radius 1 is 1.07 bits per heavy atom. The summed E-state index contributed by atoms with van der Waals surface area (Å²) >= 11 is 0. The fourth-order valence-corrected chi connectivity index (χ4v) is 4.12. The summed E-state index contributed by atoms with van der Waals surface area (Å²) in [6.45, 7) is 8.43. The Hall–Kier alpha value is -2.28. The first-order valence-corrected chi connectivity index (χ1v) is 9.61. The van der Waals surface area contributed by atoms with Crippen LogP contribution in [0.5, 0.6) is 0 Å². The van der Waals surface area contributed by atoms with Crippen LogP contribution in [-0.4, -0.2) is 60.4 Å². The van der Waals surface area contributed by atoms with Gasteiger partial charge in [0.25, 0.3) is 0 Å². The lowest BCUT2D eigenvalue weighted by atomic mass is 9.91. The zero-order valence-electron chi connectivity index (χ0n) is 16.2. The second-order valence-corrected chi connectivity index (χ2v) is 7.89. The van der Waals surface area contributed by atoms with Crippen LogP contribution in [0, 0.1) is 11.8 Å². The zero-order chi connectivity index (χ0) is 19.6. The van der Waals surface area contributed by atoms with E-state index in [2.05, 4.69) is 10.2 Å². The number of carbonyl (C=O) groups is 2. The first-order chi connectivity index (χ1) is 12.8. The standard InChI is InChI=1S/C20H29N3O4/c1-13-8-16(19(24)25)12-23(9-13)20(26)21-17-6-4-5-7-18(17)22-10-14(2)27-15(3)11-22/h4-7,13-16H,8-12H2,1-3H3,(H,21,26)(H,24,25). The maximum Gasteiger partial charge on any atom is 0.321 e. The van der Waals surface area contributed by atoms with Crippen molar-refractivity contribution in [3.63, 3.8) is 0 Å². The summed E-state index contributed by atoms with van der Waals surface area (Å²) in [5.74, 6) is -1.17. The summed E-state index contributed by atoms with van der Waals surface area (Å²) in [5.41, 5.74) is 1.71. The molecule has 3 rings (SSSR count). The molecule has 2 aliphatic rings. The van der Waals surface area contributed by atoms with Gasteiger partial charge in [-0.25, -0.2) is 4.79 Å². The molecule has 2 amide bonds. The number of morpholine rings is 1. The molecule has 1 aromatic carbocycles. The van der Waals surface area contributed by atoms with Gasteiger partial charge in [-0.15, -0.1) is 0 Å². The van der Waals surface area contributed by atoms with E-state index in [1.54, 1.807) is 4.90 Å². The van der Waals surface area contributed by atoms with Crippen LogP contribution < -0.4 is 10.2 Å². The number of hydrogen-bond donors (Lipinski definition) is 2. The summed E-state index contributed by atoms with van der Waals surface area (Å²) in [7, 11) is 0. The van der Waals surface area contributed by atoms with Crippen molar-refractivity contribution in [3.8, 4) is 0 Å². The van der Waals surface area contributed by atoms with E-state index in [1.807, 2.05) is 45.0 Å². The summed E-state index contributed by atoms with van der Waals surface area (Å²) in [6.07, 6.45) is 0.854. The van der Waals surface area contributed by atoms with E-state index in [0.29, 0.717) is 13.0 Å². The van der Waals surface area contributed by atoms with E-state index in [0.717, 1.165) is 24.5 Å². The highest BCUT2D eigenvalue weighted by Gasteiger charge is 2.32. The van der Waals surface area contributed by atoms with Crippen molar-refractivity contribution in [2.24, 2.45) is 11.8 Å². The summed E-state index contributed by atoms with van der Waals surface area (Å²) in [4.78, 5) is 28.0. The molecule has 0 spiro atoms. The first-order valence-electron chi connectivity index (χ1n) is 9.61. The smallest absolute Gasteiger partial charge is 0.321 e. The summed E-state index contributed by atoms with van der Waals surface area (Å²) in [6, 6.07) is 7.50. The number of benzene rings is 1. The van der Waals surface area contributed by atoms with Crippen LogP contribution in [0.2, 0.25) is 0 Å². The van der Waals surface area contributed by atoms with Gasteiger partial charge in [0, 0.05) is 26.2 Å². The Kier molecular flexibility index (Phi) is 5.89. The minimum atomic E-state index is -0.837. The number of hydrogen-bond acceptors (Lipinski definition) is 4. The quantitative estimate of drug-likeness (QED) is 0.849. The van der Waals surface area contributed by atoms with E-state index in [1.165, 1.54) is 0 Å². The Balaban J connectivity index is 1.74. The number of nitrogens with one attached hydrogen (secondary N) is 1. The van der Waals surface area contributed by atoms with Gasteiger partial charge in [0.1, 0.15) is 0 Å². The molecule has 0 saturated carbocycles. The number of carboxylic acid groups (broad SMARTS) is 1. The van der Waals surface area contributed by atoms with Crippen molar-refractivity contribution in [1.82, 2.24) is 4.90 Å². The maximum absolute atomic E-state index is 12.8. The van der Waals surface area contributed by atoms with Gasteiger partial charge >= 0.3 is 12.0 Å². The number of para-hydroxylation sites is 2. The number of aliphatic carboxylic acids is 1. The van der Waals surface area contributed by atoms with Crippen LogP contribution in [0.1, 0.15) is 27.2 Å². The number of ether oxygens (including phenoxy) is 1. The minimum absolute atomic E-state index is 0.122. The van der Waals surface area contributed by atoms with E-state index in [9.17, 15) is 14.7 Å². The molecule has 27 heavy (non-hydrogen) atoms. The number of rotatable bonds is 3. The lowest BCUT2D eigenvalue weighted by molar-refractivity contribution is -0.143. The molecule has 7 heteroatoms.